The molecule has 1 aromatic rings. The van der Waals surface area contributed by atoms with Gasteiger partial charge in [0.05, 0.1) is 15.7 Å². The summed E-state index contributed by atoms with van der Waals surface area (Å²) in [6.07, 6.45) is 0.825. The molecule has 0 N–H and O–H groups in total. The van der Waals surface area contributed by atoms with E-state index in [9.17, 15) is 22.8 Å². The molecule has 1 aliphatic heterocycles. The number of benzene rings is 1. The van der Waals surface area contributed by atoms with Crippen LogP contribution in [0, 0.1) is 18.3 Å². The van der Waals surface area contributed by atoms with Gasteiger partial charge in [-0.05, 0) is 37.0 Å². The maximum absolute atomic E-state index is 13.0. The fourth-order valence-corrected chi connectivity index (χ4v) is 5.88. The smallest absolute Gasteiger partial charge is 0.182 e. The van der Waals surface area contributed by atoms with E-state index >= 15 is 0 Å². The summed E-state index contributed by atoms with van der Waals surface area (Å²) in [4.78, 5) is 38.0. The van der Waals surface area contributed by atoms with Gasteiger partial charge in [0.25, 0.3) is 0 Å². The number of halogens is 1. The molecular formula is C18H19ClO5S. The lowest BCUT2D eigenvalue weighted by molar-refractivity contribution is -0.140. The quantitative estimate of drug-likeness (QED) is 0.580. The Hall–Kier alpha value is -1.53. The van der Waals surface area contributed by atoms with Gasteiger partial charge in [0, 0.05) is 17.4 Å². The molecule has 0 aromatic heterocycles. The number of carbonyl (C=O) groups excluding carboxylic acids is 3. The minimum Gasteiger partial charge on any atom is -0.298 e. The summed E-state index contributed by atoms with van der Waals surface area (Å²) in [6, 6.07) is 1.40. The normalized spacial score (nSPS) is 24.2. The topological polar surface area (TPSA) is 85.3 Å². The van der Waals surface area contributed by atoms with E-state index in [0.717, 1.165) is 0 Å². The van der Waals surface area contributed by atoms with Gasteiger partial charge in [0.15, 0.2) is 27.2 Å². The third-order valence-electron chi connectivity index (χ3n) is 5.20. The van der Waals surface area contributed by atoms with E-state index in [0.29, 0.717) is 17.5 Å². The number of hydrogen-bond acceptors (Lipinski definition) is 5. The number of hydrogen-bond donors (Lipinski definition) is 0. The third-order valence-corrected chi connectivity index (χ3v) is 7.57. The van der Waals surface area contributed by atoms with Gasteiger partial charge in [0.2, 0.25) is 0 Å². The molecule has 134 valence electrons. The summed E-state index contributed by atoms with van der Waals surface area (Å²) in [7, 11) is -3.40. The highest BCUT2D eigenvalue weighted by atomic mass is 35.5. The van der Waals surface area contributed by atoms with Crippen LogP contribution in [-0.2, 0) is 25.8 Å². The van der Waals surface area contributed by atoms with Crippen LogP contribution in [0.5, 0.6) is 0 Å². The van der Waals surface area contributed by atoms with Crippen LogP contribution in [0.15, 0.2) is 11.0 Å². The van der Waals surface area contributed by atoms with Crippen molar-refractivity contribution in [2.24, 2.45) is 11.3 Å². The molecule has 7 heteroatoms. The van der Waals surface area contributed by atoms with E-state index in [2.05, 4.69) is 0 Å². The lowest BCUT2D eigenvalue weighted by Gasteiger charge is -2.32. The Morgan fingerprint density at radius 1 is 1.24 bits per heavy atom. The van der Waals surface area contributed by atoms with E-state index in [4.69, 9.17) is 11.6 Å². The predicted molar refractivity (Wildman–Crippen MR) is 92.8 cm³/mol. The predicted octanol–water partition coefficient (Wildman–Crippen LogP) is 2.74. The molecule has 0 bridgehead atoms. The average Bonchev–Trinajstić information content (AvgIpc) is 2.84. The van der Waals surface area contributed by atoms with E-state index in [-0.39, 0.29) is 34.1 Å². The van der Waals surface area contributed by atoms with E-state index in [1.54, 1.807) is 20.8 Å². The van der Waals surface area contributed by atoms with Crippen molar-refractivity contribution in [1.82, 2.24) is 0 Å². The SMILES string of the molecule is Cc1cc(C(=O)C2C(=O)CCC(C)(C)C2=O)c(Cl)c2c1S(=O)(=O)CC2. The molecule has 2 aliphatic rings. The minimum atomic E-state index is -3.40. The van der Waals surface area contributed by atoms with Crippen LogP contribution in [0.2, 0.25) is 5.02 Å². The Bertz CT molecular complexity index is 927. The molecule has 1 fully saturated rings. The van der Waals surface area contributed by atoms with Crippen molar-refractivity contribution in [3.05, 3.63) is 27.8 Å². The highest BCUT2D eigenvalue weighted by Gasteiger charge is 2.47. The first-order valence-electron chi connectivity index (χ1n) is 8.13. The Balaban J connectivity index is 2.12. The van der Waals surface area contributed by atoms with Gasteiger partial charge in [-0.2, -0.15) is 0 Å². The summed E-state index contributed by atoms with van der Waals surface area (Å²) >= 11 is 6.33. The fourth-order valence-electron chi connectivity index (χ4n) is 3.68. The van der Waals surface area contributed by atoms with Crippen molar-refractivity contribution in [3.8, 4) is 0 Å². The molecule has 1 heterocycles. The molecule has 1 saturated carbocycles. The third kappa shape index (κ3) is 2.75. The maximum atomic E-state index is 13.0. The number of carbonyl (C=O) groups is 3. The number of rotatable bonds is 2. The van der Waals surface area contributed by atoms with Crippen LogP contribution in [0.4, 0.5) is 0 Å². The molecular weight excluding hydrogens is 364 g/mol. The Labute approximate surface area is 151 Å². The zero-order chi connectivity index (χ0) is 18.7. The monoisotopic (exact) mass is 382 g/mol. The van der Waals surface area contributed by atoms with Crippen LogP contribution >= 0.6 is 11.6 Å². The largest absolute Gasteiger partial charge is 0.298 e. The van der Waals surface area contributed by atoms with E-state index in [1.807, 2.05) is 0 Å². The lowest BCUT2D eigenvalue weighted by Crippen LogP contribution is -2.44. The second-order valence-electron chi connectivity index (χ2n) is 7.44. The average molecular weight is 383 g/mol. The lowest BCUT2D eigenvalue weighted by atomic mass is 9.68. The van der Waals surface area contributed by atoms with E-state index in [1.165, 1.54) is 6.07 Å². The van der Waals surface area contributed by atoms with Gasteiger partial charge in [-0.25, -0.2) is 8.42 Å². The molecule has 0 spiro atoms. The first-order chi connectivity index (χ1) is 11.5. The first-order valence-corrected chi connectivity index (χ1v) is 10.2. The van der Waals surface area contributed by atoms with Crippen molar-refractivity contribution in [3.63, 3.8) is 0 Å². The zero-order valence-corrected chi connectivity index (χ0v) is 15.9. The molecule has 1 unspecified atom stereocenters. The maximum Gasteiger partial charge on any atom is 0.182 e. The highest BCUT2D eigenvalue weighted by molar-refractivity contribution is 7.91. The fraction of sp³-hybridized carbons (Fsp3) is 0.500. The Morgan fingerprint density at radius 3 is 2.52 bits per heavy atom. The van der Waals surface area contributed by atoms with Gasteiger partial charge in [-0.1, -0.05) is 25.4 Å². The van der Waals surface area contributed by atoms with E-state index < -0.39 is 38.5 Å². The van der Waals surface area contributed by atoms with Crippen molar-refractivity contribution in [2.75, 3.05) is 5.75 Å². The molecule has 3 rings (SSSR count). The summed E-state index contributed by atoms with van der Waals surface area (Å²) in [5, 5.41) is 0.0515. The summed E-state index contributed by atoms with van der Waals surface area (Å²) < 4.78 is 24.3. The van der Waals surface area contributed by atoms with Gasteiger partial charge < -0.3 is 0 Å². The van der Waals surface area contributed by atoms with Gasteiger partial charge in [0.1, 0.15) is 5.92 Å². The van der Waals surface area contributed by atoms with Crippen LogP contribution in [-0.4, -0.2) is 31.5 Å². The molecule has 0 saturated heterocycles. The molecule has 1 aliphatic carbocycles. The number of ketones is 3. The Kier molecular flexibility index (Phi) is 4.20. The standard InChI is InChI=1S/C18H19ClO5S/c1-9-8-11(14(19)10-5-7-25(23,24)16(9)10)15(21)13-12(20)4-6-18(2,3)17(13)22/h8,13H,4-7H2,1-3H3. The first kappa shape index (κ1) is 18.3. The number of sulfone groups is 1. The second kappa shape index (κ2) is 5.74. The van der Waals surface area contributed by atoms with Crippen LogP contribution < -0.4 is 0 Å². The van der Waals surface area contributed by atoms with Crippen molar-refractivity contribution in [2.45, 2.75) is 44.9 Å². The summed E-state index contributed by atoms with van der Waals surface area (Å²) in [6.45, 7) is 5.05. The van der Waals surface area contributed by atoms with Crippen molar-refractivity contribution < 1.29 is 22.8 Å². The van der Waals surface area contributed by atoms with Crippen LogP contribution in [0.25, 0.3) is 0 Å². The van der Waals surface area contributed by atoms with Crippen molar-refractivity contribution >= 4 is 38.8 Å². The van der Waals surface area contributed by atoms with Crippen LogP contribution in [0.1, 0.15) is 48.2 Å². The highest BCUT2D eigenvalue weighted by Crippen LogP contribution is 2.40. The zero-order valence-electron chi connectivity index (χ0n) is 14.3. The van der Waals surface area contributed by atoms with Crippen molar-refractivity contribution in [1.29, 1.82) is 0 Å². The molecule has 1 aromatic carbocycles. The van der Waals surface area contributed by atoms with Crippen LogP contribution in [0.3, 0.4) is 0 Å². The number of Topliss-reactive ketones (excluding diaryl/α,β-unsaturated/α-hetero) is 3. The molecule has 1 atom stereocenters. The molecule has 0 radical (unpaired) electrons. The minimum absolute atomic E-state index is 0.0468. The molecule has 0 amide bonds. The second-order valence-corrected chi connectivity index (χ2v) is 9.87. The van der Waals surface area contributed by atoms with Gasteiger partial charge >= 0.3 is 0 Å². The Morgan fingerprint density at radius 2 is 1.88 bits per heavy atom. The van der Waals surface area contributed by atoms with Gasteiger partial charge in [-0.3, -0.25) is 14.4 Å². The number of aryl methyl sites for hydroxylation is 1. The molecule has 5 nitrogen and oxygen atoms in total. The molecule has 25 heavy (non-hydrogen) atoms. The summed E-state index contributed by atoms with van der Waals surface area (Å²) in [5.74, 6) is -2.80. The van der Waals surface area contributed by atoms with Gasteiger partial charge in [-0.15, -0.1) is 0 Å². The summed E-state index contributed by atoms with van der Waals surface area (Å²) in [5.41, 5.74) is 0.171. The number of fused-ring (bicyclic) bond motifs is 1.